The Kier molecular flexibility index (Phi) is 4.81. The van der Waals surface area contributed by atoms with E-state index in [1.54, 1.807) is 0 Å². The summed E-state index contributed by atoms with van der Waals surface area (Å²) >= 11 is 5.63. The van der Waals surface area contributed by atoms with Crippen LogP contribution in [0.2, 0.25) is 0 Å². The molecule has 0 saturated carbocycles. The number of halogens is 2. The molecule has 0 heterocycles. The predicted molar refractivity (Wildman–Crippen MR) is 90.7 cm³/mol. The normalized spacial score (nSPS) is 10.1. The van der Waals surface area contributed by atoms with Crippen molar-refractivity contribution < 1.29 is 4.79 Å². The molecular weight excluding hydrogens is 419 g/mol. The molecule has 98 valence electrons. The molecule has 0 aliphatic rings. The van der Waals surface area contributed by atoms with Gasteiger partial charge in [0.05, 0.1) is 0 Å². The van der Waals surface area contributed by atoms with Crippen molar-refractivity contribution >= 4 is 55.9 Å². The van der Waals surface area contributed by atoms with Crippen LogP contribution in [0.15, 0.2) is 46.9 Å². The van der Waals surface area contributed by atoms with Gasteiger partial charge in [0.1, 0.15) is 0 Å². The molecular formula is C14H12BrIN2O. The molecule has 2 aromatic rings. The smallest absolute Gasteiger partial charge is 0.308 e. The van der Waals surface area contributed by atoms with E-state index in [0.717, 1.165) is 25.0 Å². The summed E-state index contributed by atoms with van der Waals surface area (Å²) in [5.74, 6) is 0. The summed E-state index contributed by atoms with van der Waals surface area (Å²) < 4.78 is 2.06. The lowest BCUT2D eigenvalue weighted by atomic mass is 10.2. The van der Waals surface area contributed by atoms with Crippen LogP contribution in [0.4, 0.5) is 16.2 Å². The number of hydrogen-bond acceptors (Lipinski definition) is 1. The van der Waals surface area contributed by atoms with Gasteiger partial charge >= 0.3 is 6.03 Å². The topological polar surface area (TPSA) is 41.1 Å². The first-order valence-electron chi connectivity index (χ1n) is 5.64. The van der Waals surface area contributed by atoms with E-state index >= 15 is 0 Å². The van der Waals surface area contributed by atoms with E-state index in [9.17, 15) is 4.79 Å². The number of rotatable bonds is 2. The first-order valence-corrected chi connectivity index (χ1v) is 7.51. The van der Waals surface area contributed by atoms with Gasteiger partial charge in [-0.15, -0.1) is 0 Å². The molecule has 5 heteroatoms. The summed E-state index contributed by atoms with van der Waals surface area (Å²) in [5, 5.41) is 5.60. The standard InChI is InChI=1S/C14H12BrIN2O/c1-9-3-2-4-10(7-9)17-14(19)18-11-5-6-12(15)13(16)8-11/h2-8H,1H3,(H2,17,18,19). The lowest BCUT2D eigenvalue weighted by Gasteiger charge is -2.09. The SMILES string of the molecule is Cc1cccc(NC(=O)Nc2ccc(Br)c(I)c2)c1. The Hall–Kier alpha value is -1.08. The van der Waals surface area contributed by atoms with Crippen molar-refractivity contribution in [2.24, 2.45) is 0 Å². The van der Waals surface area contributed by atoms with Crippen LogP contribution in [-0.2, 0) is 0 Å². The number of carbonyl (C=O) groups excluding carboxylic acids is 1. The maximum Gasteiger partial charge on any atom is 0.323 e. The van der Waals surface area contributed by atoms with E-state index in [-0.39, 0.29) is 6.03 Å². The second kappa shape index (κ2) is 6.38. The van der Waals surface area contributed by atoms with E-state index < -0.39 is 0 Å². The van der Waals surface area contributed by atoms with Gasteiger partial charge in [-0.05, 0) is 81.3 Å². The van der Waals surface area contributed by atoms with Crippen molar-refractivity contribution in [1.29, 1.82) is 0 Å². The van der Waals surface area contributed by atoms with E-state index in [2.05, 4.69) is 49.2 Å². The molecule has 0 saturated heterocycles. The number of benzene rings is 2. The van der Waals surface area contributed by atoms with Crippen LogP contribution in [0, 0.1) is 10.5 Å². The van der Waals surface area contributed by atoms with E-state index in [1.807, 2.05) is 49.4 Å². The fourth-order valence-electron chi connectivity index (χ4n) is 1.59. The molecule has 0 aliphatic carbocycles. The quantitative estimate of drug-likeness (QED) is 0.646. The highest BCUT2D eigenvalue weighted by Crippen LogP contribution is 2.22. The average molecular weight is 431 g/mol. The fraction of sp³-hybridized carbons (Fsp3) is 0.0714. The van der Waals surface area contributed by atoms with E-state index in [0.29, 0.717) is 0 Å². The summed E-state index contributed by atoms with van der Waals surface area (Å²) in [6.45, 7) is 1.99. The first kappa shape index (κ1) is 14.3. The minimum absolute atomic E-state index is 0.247. The van der Waals surface area contributed by atoms with Crippen LogP contribution >= 0.6 is 38.5 Å². The monoisotopic (exact) mass is 430 g/mol. The van der Waals surface area contributed by atoms with Gasteiger partial charge in [-0.3, -0.25) is 0 Å². The Morgan fingerprint density at radius 1 is 1.11 bits per heavy atom. The van der Waals surface area contributed by atoms with Crippen LogP contribution in [0.5, 0.6) is 0 Å². The third-order valence-corrected chi connectivity index (χ3v) is 4.78. The molecule has 0 aromatic heterocycles. The molecule has 0 atom stereocenters. The summed E-state index contributed by atoms with van der Waals surface area (Å²) in [5.41, 5.74) is 2.65. The van der Waals surface area contributed by atoms with Crippen LogP contribution in [0.25, 0.3) is 0 Å². The van der Waals surface area contributed by atoms with Crippen molar-refractivity contribution in [3.63, 3.8) is 0 Å². The summed E-state index contributed by atoms with van der Waals surface area (Å²) in [4.78, 5) is 11.9. The highest BCUT2D eigenvalue weighted by molar-refractivity contribution is 14.1. The molecule has 0 bridgehead atoms. The summed E-state index contributed by atoms with van der Waals surface area (Å²) in [6, 6.07) is 13.1. The lowest BCUT2D eigenvalue weighted by molar-refractivity contribution is 0.262. The van der Waals surface area contributed by atoms with Gasteiger partial charge in [0, 0.05) is 19.4 Å². The number of amides is 2. The fourth-order valence-corrected chi connectivity index (χ4v) is 2.35. The van der Waals surface area contributed by atoms with Gasteiger partial charge in [0.15, 0.2) is 0 Å². The van der Waals surface area contributed by atoms with Crippen molar-refractivity contribution in [2.45, 2.75) is 6.92 Å². The van der Waals surface area contributed by atoms with Crippen LogP contribution in [-0.4, -0.2) is 6.03 Å². The first-order chi connectivity index (χ1) is 9.04. The average Bonchev–Trinajstić information content (AvgIpc) is 2.34. The van der Waals surface area contributed by atoms with Crippen molar-refractivity contribution in [3.8, 4) is 0 Å². The molecule has 0 unspecified atom stereocenters. The largest absolute Gasteiger partial charge is 0.323 e. The Morgan fingerprint density at radius 3 is 2.42 bits per heavy atom. The molecule has 2 aromatic carbocycles. The van der Waals surface area contributed by atoms with Gasteiger partial charge < -0.3 is 10.6 Å². The van der Waals surface area contributed by atoms with Crippen LogP contribution in [0.3, 0.4) is 0 Å². The number of anilines is 2. The van der Waals surface area contributed by atoms with Gasteiger partial charge in [0.2, 0.25) is 0 Å². The van der Waals surface area contributed by atoms with E-state index in [1.165, 1.54) is 0 Å². The zero-order valence-electron chi connectivity index (χ0n) is 10.2. The van der Waals surface area contributed by atoms with Crippen molar-refractivity contribution in [1.82, 2.24) is 0 Å². The predicted octanol–water partition coefficient (Wildman–Crippen LogP) is 5.01. The molecule has 2 rings (SSSR count). The lowest BCUT2D eigenvalue weighted by Crippen LogP contribution is -2.19. The molecule has 0 radical (unpaired) electrons. The van der Waals surface area contributed by atoms with Gasteiger partial charge in [0.25, 0.3) is 0 Å². The summed E-state index contributed by atoms with van der Waals surface area (Å²) in [7, 11) is 0. The highest BCUT2D eigenvalue weighted by Gasteiger charge is 2.04. The maximum atomic E-state index is 11.9. The Labute approximate surface area is 134 Å². The Balaban J connectivity index is 2.03. The summed E-state index contributed by atoms with van der Waals surface area (Å²) in [6.07, 6.45) is 0. The molecule has 3 nitrogen and oxygen atoms in total. The van der Waals surface area contributed by atoms with E-state index in [4.69, 9.17) is 0 Å². The zero-order valence-corrected chi connectivity index (χ0v) is 13.9. The minimum Gasteiger partial charge on any atom is -0.308 e. The Bertz CT molecular complexity index is 616. The van der Waals surface area contributed by atoms with Gasteiger partial charge in [-0.2, -0.15) is 0 Å². The van der Waals surface area contributed by atoms with Crippen LogP contribution in [0.1, 0.15) is 5.56 Å². The number of hydrogen-bond donors (Lipinski definition) is 2. The van der Waals surface area contributed by atoms with Crippen molar-refractivity contribution in [3.05, 3.63) is 56.1 Å². The number of carbonyl (C=O) groups is 1. The number of nitrogens with one attached hydrogen (secondary N) is 2. The van der Waals surface area contributed by atoms with Gasteiger partial charge in [-0.1, -0.05) is 12.1 Å². The molecule has 0 aliphatic heterocycles. The molecule has 19 heavy (non-hydrogen) atoms. The second-order valence-corrected chi connectivity index (χ2v) is 6.09. The third-order valence-electron chi connectivity index (χ3n) is 2.45. The van der Waals surface area contributed by atoms with Crippen LogP contribution < -0.4 is 10.6 Å². The minimum atomic E-state index is -0.247. The maximum absolute atomic E-state index is 11.9. The molecule has 2 N–H and O–H groups in total. The number of aryl methyl sites for hydroxylation is 1. The highest BCUT2D eigenvalue weighted by atomic mass is 127. The second-order valence-electron chi connectivity index (χ2n) is 4.08. The zero-order chi connectivity index (χ0) is 13.8. The third kappa shape index (κ3) is 4.21. The van der Waals surface area contributed by atoms with Gasteiger partial charge in [-0.25, -0.2) is 4.79 Å². The van der Waals surface area contributed by atoms with Crippen molar-refractivity contribution in [2.75, 3.05) is 10.6 Å². The number of urea groups is 1. The Morgan fingerprint density at radius 2 is 1.79 bits per heavy atom. The molecule has 0 spiro atoms. The molecule has 0 fully saturated rings. The molecule has 2 amide bonds.